The second-order valence-electron chi connectivity index (χ2n) is 6.29. The Labute approximate surface area is 186 Å². The lowest BCUT2D eigenvalue weighted by molar-refractivity contribution is -0.384. The molecule has 0 saturated carbocycles. The number of hydrogen-bond donors (Lipinski definition) is 2. The Hall–Kier alpha value is -3.44. The molecule has 0 unspecified atom stereocenters. The molecule has 0 spiro atoms. The maximum atomic E-state index is 12.2. The summed E-state index contributed by atoms with van der Waals surface area (Å²) in [6.07, 6.45) is 0. The van der Waals surface area contributed by atoms with Gasteiger partial charge in [-0.15, -0.1) is 10.2 Å². The zero-order valence-corrected chi connectivity index (χ0v) is 17.8. The molecule has 0 radical (unpaired) electrons. The average Bonchev–Trinajstić information content (AvgIpc) is 3.10. The van der Waals surface area contributed by atoms with Crippen molar-refractivity contribution in [2.45, 2.75) is 11.7 Å². The number of nitrogens with one attached hydrogen (secondary N) is 2. The summed E-state index contributed by atoms with van der Waals surface area (Å²) >= 11 is 6.97. The van der Waals surface area contributed by atoms with Crippen molar-refractivity contribution < 1.29 is 14.5 Å². The van der Waals surface area contributed by atoms with Gasteiger partial charge in [-0.1, -0.05) is 29.4 Å². The van der Waals surface area contributed by atoms with Gasteiger partial charge in [0.15, 0.2) is 11.0 Å². The van der Waals surface area contributed by atoms with Crippen LogP contribution in [0.3, 0.4) is 0 Å². The molecule has 0 aliphatic carbocycles. The first-order chi connectivity index (χ1) is 14.8. The Morgan fingerprint density at radius 2 is 1.94 bits per heavy atom. The van der Waals surface area contributed by atoms with E-state index < -0.39 is 4.92 Å². The summed E-state index contributed by atoms with van der Waals surface area (Å²) in [5, 5.41) is 25.3. The number of carbonyl (C=O) groups is 2. The number of halogens is 1. The predicted octanol–water partition coefficient (Wildman–Crippen LogP) is 3.04. The lowest BCUT2D eigenvalue weighted by Crippen LogP contribution is -2.24. The van der Waals surface area contributed by atoms with Crippen LogP contribution in [0.4, 0.5) is 11.4 Å². The summed E-state index contributed by atoms with van der Waals surface area (Å²) in [5.41, 5.74) is 0.700. The average molecular weight is 461 g/mol. The summed E-state index contributed by atoms with van der Waals surface area (Å²) in [5.74, 6) is -0.0635. The van der Waals surface area contributed by atoms with Gasteiger partial charge in [0.2, 0.25) is 5.91 Å². The molecule has 0 bridgehead atoms. The molecule has 1 heterocycles. The van der Waals surface area contributed by atoms with Gasteiger partial charge in [0, 0.05) is 35.5 Å². The van der Waals surface area contributed by atoms with Gasteiger partial charge in [-0.2, -0.15) is 0 Å². The largest absolute Gasteiger partial charge is 0.345 e. The smallest absolute Gasteiger partial charge is 0.271 e. The first-order valence-corrected chi connectivity index (χ1v) is 10.3. The second-order valence-corrected chi connectivity index (χ2v) is 7.67. The highest BCUT2D eigenvalue weighted by molar-refractivity contribution is 7.99. The number of rotatable bonds is 8. The molecule has 2 aromatic carbocycles. The van der Waals surface area contributed by atoms with Gasteiger partial charge < -0.3 is 15.2 Å². The van der Waals surface area contributed by atoms with E-state index in [9.17, 15) is 19.7 Å². The summed E-state index contributed by atoms with van der Waals surface area (Å²) in [4.78, 5) is 34.6. The normalized spacial score (nSPS) is 10.5. The van der Waals surface area contributed by atoms with Crippen LogP contribution in [0.25, 0.3) is 0 Å². The number of amides is 2. The van der Waals surface area contributed by atoms with Gasteiger partial charge in [0.1, 0.15) is 0 Å². The number of hydrogen-bond acceptors (Lipinski definition) is 7. The number of non-ortho nitro benzene ring substituents is 1. The minimum Gasteiger partial charge on any atom is -0.345 e. The number of aromatic nitrogens is 3. The summed E-state index contributed by atoms with van der Waals surface area (Å²) in [6, 6.07) is 12.2. The highest BCUT2D eigenvalue weighted by Gasteiger charge is 2.14. The highest BCUT2D eigenvalue weighted by atomic mass is 35.5. The molecule has 0 saturated heterocycles. The molecule has 1 aromatic heterocycles. The Balaban J connectivity index is 1.52. The van der Waals surface area contributed by atoms with Crippen LogP contribution in [-0.2, 0) is 18.4 Å². The van der Waals surface area contributed by atoms with Crippen LogP contribution in [-0.4, -0.2) is 37.3 Å². The van der Waals surface area contributed by atoms with E-state index in [1.54, 1.807) is 41.9 Å². The van der Waals surface area contributed by atoms with Crippen molar-refractivity contribution >= 4 is 46.6 Å². The van der Waals surface area contributed by atoms with E-state index in [-0.39, 0.29) is 29.8 Å². The van der Waals surface area contributed by atoms with Crippen molar-refractivity contribution in [1.82, 2.24) is 20.1 Å². The van der Waals surface area contributed by atoms with Crippen LogP contribution in [0.5, 0.6) is 0 Å². The fraction of sp³-hybridized carbons (Fsp3) is 0.158. The molecule has 3 rings (SSSR count). The third-order valence-electron chi connectivity index (χ3n) is 4.11. The number of carbonyl (C=O) groups excluding carboxylic acids is 2. The van der Waals surface area contributed by atoms with Crippen LogP contribution in [0.1, 0.15) is 16.2 Å². The molecular formula is C19H17ClN6O4S. The molecule has 160 valence electrons. The van der Waals surface area contributed by atoms with E-state index in [2.05, 4.69) is 20.8 Å². The summed E-state index contributed by atoms with van der Waals surface area (Å²) < 4.78 is 1.67. The Morgan fingerprint density at radius 1 is 1.19 bits per heavy atom. The summed E-state index contributed by atoms with van der Waals surface area (Å²) in [7, 11) is 1.73. The number of anilines is 1. The monoisotopic (exact) mass is 460 g/mol. The Bertz CT molecular complexity index is 1120. The van der Waals surface area contributed by atoms with Gasteiger partial charge in [-0.3, -0.25) is 19.7 Å². The first kappa shape index (κ1) is 22.2. The summed E-state index contributed by atoms with van der Waals surface area (Å²) in [6.45, 7) is 0.158. The topological polar surface area (TPSA) is 132 Å². The minimum absolute atomic E-state index is 0.0335. The molecule has 0 fully saturated rings. The van der Waals surface area contributed by atoms with Crippen LogP contribution >= 0.6 is 23.4 Å². The standard InChI is InChI=1S/C19H17ClN6O4S/c1-25-16(10-21-18(28)12-5-7-13(20)8-6-12)23-24-19(25)31-11-17(27)22-14-3-2-4-15(9-14)26(29)30/h2-9H,10-11H2,1H3,(H,21,28)(H,22,27). The van der Waals surface area contributed by atoms with Gasteiger partial charge >= 0.3 is 0 Å². The van der Waals surface area contributed by atoms with E-state index in [0.717, 1.165) is 11.8 Å². The third-order valence-corrected chi connectivity index (χ3v) is 5.38. The van der Waals surface area contributed by atoms with E-state index in [0.29, 0.717) is 27.3 Å². The quantitative estimate of drug-likeness (QED) is 0.300. The van der Waals surface area contributed by atoms with E-state index in [1.807, 2.05) is 0 Å². The van der Waals surface area contributed by atoms with Gasteiger partial charge in [0.25, 0.3) is 11.6 Å². The van der Waals surface area contributed by atoms with Gasteiger partial charge in [0.05, 0.1) is 17.2 Å². The molecule has 0 aliphatic heterocycles. The van der Waals surface area contributed by atoms with E-state index in [4.69, 9.17) is 11.6 Å². The molecule has 12 heteroatoms. The zero-order chi connectivity index (χ0) is 22.4. The lowest BCUT2D eigenvalue weighted by atomic mass is 10.2. The predicted molar refractivity (Wildman–Crippen MR) is 116 cm³/mol. The number of nitrogens with zero attached hydrogens (tertiary/aromatic N) is 4. The zero-order valence-electron chi connectivity index (χ0n) is 16.2. The van der Waals surface area contributed by atoms with Crippen LogP contribution in [0.15, 0.2) is 53.7 Å². The van der Waals surface area contributed by atoms with Gasteiger partial charge in [-0.05, 0) is 30.3 Å². The third kappa shape index (κ3) is 6.03. The Morgan fingerprint density at radius 3 is 2.65 bits per heavy atom. The van der Waals surface area contributed by atoms with Gasteiger partial charge in [-0.25, -0.2) is 0 Å². The molecule has 2 N–H and O–H groups in total. The first-order valence-electron chi connectivity index (χ1n) is 8.92. The molecule has 2 amide bonds. The minimum atomic E-state index is -0.531. The van der Waals surface area contributed by atoms with Crippen LogP contribution in [0.2, 0.25) is 5.02 Å². The maximum absolute atomic E-state index is 12.2. The van der Waals surface area contributed by atoms with Crippen molar-refractivity contribution in [2.24, 2.45) is 7.05 Å². The van der Waals surface area contributed by atoms with Crippen molar-refractivity contribution in [1.29, 1.82) is 0 Å². The molecule has 0 atom stereocenters. The fourth-order valence-corrected chi connectivity index (χ4v) is 3.37. The lowest BCUT2D eigenvalue weighted by Gasteiger charge is -2.07. The van der Waals surface area contributed by atoms with Crippen molar-refractivity contribution in [3.05, 3.63) is 75.1 Å². The molecule has 31 heavy (non-hydrogen) atoms. The number of nitro groups is 1. The van der Waals surface area contributed by atoms with Crippen molar-refractivity contribution in [3.63, 3.8) is 0 Å². The molecule has 3 aromatic rings. The van der Waals surface area contributed by atoms with E-state index in [1.165, 1.54) is 18.2 Å². The maximum Gasteiger partial charge on any atom is 0.271 e. The SMILES string of the molecule is Cn1c(CNC(=O)c2ccc(Cl)cc2)nnc1SCC(=O)Nc1cccc([N+](=O)[O-])c1. The second kappa shape index (κ2) is 10.0. The van der Waals surface area contributed by atoms with Crippen molar-refractivity contribution in [2.75, 3.05) is 11.1 Å². The number of benzene rings is 2. The fourth-order valence-electron chi connectivity index (χ4n) is 2.51. The number of thioether (sulfide) groups is 1. The number of nitro benzene ring substituents is 1. The molecule has 10 nitrogen and oxygen atoms in total. The van der Waals surface area contributed by atoms with Crippen LogP contribution < -0.4 is 10.6 Å². The molecule has 0 aliphatic rings. The highest BCUT2D eigenvalue weighted by Crippen LogP contribution is 2.19. The van der Waals surface area contributed by atoms with Crippen molar-refractivity contribution in [3.8, 4) is 0 Å². The Kier molecular flexibility index (Phi) is 7.21. The van der Waals surface area contributed by atoms with E-state index >= 15 is 0 Å². The molecular weight excluding hydrogens is 444 g/mol. The van der Waals surface area contributed by atoms with Crippen LogP contribution in [0, 0.1) is 10.1 Å².